The summed E-state index contributed by atoms with van der Waals surface area (Å²) in [5, 5.41) is 12.0. The number of urea groups is 1. The number of rotatable bonds is 3. The van der Waals surface area contributed by atoms with Gasteiger partial charge in [0.1, 0.15) is 0 Å². The van der Waals surface area contributed by atoms with Crippen LogP contribution in [0.1, 0.15) is 33.6 Å². The molecular formula is C13H20N2O3. The zero-order chi connectivity index (χ0) is 14.0. The number of nitrogens with zero attached hydrogens (tertiary/aromatic N) is 1. The van der Waals surface area contributed by atoms with Crippen molar-refractivity contribution in [1.29, 1.82) is 0 Å². The molecule has 1 unspecified atom stereocenters. The predicted molar refractivity (Wildman–Crippen MR) is 68.0 cm³/mol. The SMILES string of the molecule is C#CC(C)(C)NC(=O)N1CCC(CC)(C(=O)O)C1. The first kappa shape index (κ1) is 14.4. The quantitative estimate of drug-likeness (QED) is 0.744. The number of aliphatic carboxylic acids is 1. The third kappa shape index (κ3) is 2.76. The van der Waals surface area contributed by atoms with Crippen LogP contribution in [0.25, 0.3) is 0 Å². The van der Waals surface area contributed by atoms with Gasteiger partial charge in [0.2, 0.25) is 0 Å². The lowest BCUT2D eigenvalue weighted by Gasteiger charge is -2.26. The number of hydrogen-bond acceptors (Lipinski definition) is 2. The molecule has 0 aromatic rings. The number of likely N-dealkylation sites (tertiary alicyclic amines) is 1. The van der Waals surface area contributed by atoms with Gasteiger partial charge in [0, 0.05) is 13.1 Å². The van der Waals surface area contributed by atoms with E-state index in [2.05, 4.69) is 11.2 Å². The minimum atomic E-state index is -0.837. The molecule has 1 fully saturated rings. The molecule has 0 aromatic heterocycles. The number of carbonyl (C=O) groups is 2. The summed E-state index contributed by atoms with van der Waals surface area (Å²) in [7, 11) is 0. The molecule has 2 amide bonds. The van der Waals surface area contributed by atoms with Crippen LogP contribution in [0.15, 0.2) is 0 Å². The Labute approximate surface area is 108 Å². The van der Waals surface area contributed by atoms with Crippen molar-refractivity contribution in [2.45, 2.75) is 39.2 Å². The molecule has 1 saturated heterocycles. The Morgan fingerprint density at radius 1 is 1.56 bits per heavy atom. The van der Waals surface area contributed by atoms with E-state index >= 15 is 0 Å². The van der Waals surface area contributed by atoms with E-state index in [1.807, 2.05) is 6.92 Å². The summed E-state index contributed by atoms with van der Waals surface area (Å²) in [6.07, 6.45) is 6.31. The van der Waals surface area contributed by atoms with Crippen molar-refractivity contribution in [3.63, 3.8) is 0 Å². The maximum Gasteiger partial charge on any atom is 0.318 e. The molecule has 1 heterocycles. The summed E-state index contributed by atoms with van der Waals surface area (Å²) in [6.45, 7) is 5.98. The molecule has 0 saturated carbocycles. The highest BCUT2D eigenvalue weighted by molar-refractivity contribution is 5.80. The molecule has 1 aliphatic rings. The fourth-order valence-electron chi connectivity index (χ4n) is 2.04. The maximum absolute atomic E-state index is 12.0. The summed E-state index contributed by atoms with van der Waals surface area (Å²) in [5.41, 5.74) is -1.53. The lowest BCUT2D eigenvalue weighted by atomic mass is 9.84. The number of amides is 2. The van der Waals surface area contributed by atoms with E-state index in [4.69, 9.17) is 6.42 Å². The van der Waals surface area contributed by atoms with Crippen LogP contribution in [-0.2, 0) is 4.79 Å². The topological polar surface area (TPSA) is 69.6 Å². The average Bonchev–Trinajstić information content (AvgIpc) is 2.74. The first-order chi connectivity index (χ1) is 8.26. The highest BCUT2D eigenvalue weighted by Gasteiger charge is 2.45. The molecule has 0 radical (unpaired) electrons. The molecule has 1 aliphatic heterocycles. The van der Waals surface area contributed by atoms with Crippen LogP contribution >= 0.6 is 0 Å². The van der Waals surface area contributed by atoms with E-state index in [-0.39, 0.29) is 12.6 Å². The van der Waals surface area contributed by atoms with Gasteiger partial charge in [-0.15, -0.1) is 6.42 Å². The summed E-state index contributed by atoms with van der Waals surface area (Å²) in [4.78, 5) is 24.8. The molecule has 0 spiro atoms. The van der Waals surface area contributed by atoms with Gasteiger partial charge in [-0.3, -0.25) is 4.79 Å². The average molecular weight is 252 g/mol. The zero-order valence-corrected chi connectivity index (χ0v) is 11.1. The molecular weight excluding hydrogens is 232 g/mol. The Morgan fingerprint density at radius 3 is 2.56 bits per heavy atom. The second-order valence-electron chi connectivity index (χ2n) is 5.31. The fraction of sp³-hybridized carbons (Fsp3) is 0.692. The number of carbonyl (C=O) groups excluding carboxylic acids is 1. The van der Waals surface area contributed by atoms with Crippen molar-refractivity contribution >= 4 is 12.0 Å². The molecule has 5 heteroatoms. The highest BCUT2D eigenvalue weighted by atomic mass is 16.4. The lowest BCUT2D eigenvalue weighted by Crippen LogP contribution is -2.49. The Hall–Kier alpha value is -1.70. The van der Waals surface area contributed by atoms with E-state index in [1.54, 1.807) is 13.8 Å². The smallest absolute Gasteiger partial charge is 0.318 e. The van der Waals surface area contributed by atoms with E-state index in [0.717, 1.165) is 0 Å². The van der Waals surface area contributed by atoms with Crippen LogP contribution in [0.4, 0.5) is 4.79 Å². The summed E-state index contributed by atoms with van der Waals surface area (Å²) >= 11 is 0. The van der Waals surface area contributed by atoms with Crippen molar-refractivity contribution in [2.75, 3.05) is 13.1 Å². The van der Waals surface area contributed by atoms with Crippen LogP contribution in [0, 0.1) is 17.8 Å². The van der Waals surface area contributed by atoms with Crippen molar-refractivity contribution < 1.29 is 14.7 Å². The standard InChI is InChI=1S/C13H20N2O3/c1-5-12(3,4)14-11(18)15-8-7-13(6-2,9-15)10(16)17/h1H,6-9H2,2-4H3,(H,14,18)(H,16,17). The Balaban J connectivity index is 2.70. The van der Waals surface area contributed by atoms with E-state index in [0.29, 0.717) is 19.4 Å². The Morgan fingerprint density at radius 2 is 2.17 bits per heavy atom. The molecule has 2 N–H and O–H groups in total. The predicted octanol–water partition coefficient (Wildman–Crippen LogP) is 1.29. The van der Waals surface area contributed by atoms with E-state index in [1.165, 1.54) is 4.90 Å². The zero-order valence-electron chi connectivity index (χ0n) is 11.1. The third-order valence-corrected chi connectivity index (χ3v) is 3.55. The lowest BCUT2D eigenvalue weighted by molar-refractivity contribution is -0.148. The second-order valence-corrected chi connectivity index (χ2v) is 5.31. The van der Waals surface area contributed by atoms with Crippen molar-refractivity contribution in [1.82, 2.24) is 10.2 Å². The van der Waals surface area contributed by atoms with Gasteiger partial charge in [-0.1, -0.05) is 12.8 Å². The van der Waals surface area contributed by atoms with Gasteiger partial charge < -0.3 is 15.3 Å². The van der Waals surface area contributed by atoms with Gasteiger partial charge in [0.05, 0.1) is 11.0 Å². The van der Waals surface area contributed by atoms with E-state index < -0.39 is 16.9 Å². The molecule has 100 valence electrons. The maximum atomic E-state index is 12.0. The van der Waals surface area contributed by atoms with Crippen molar-refractivity contribution in [3.8, 4) is 12.3 Å². The van der Waals surface area contributed by atoms with Gasteiger partial charge >= 0.3 is 12.0 Å². The van der Waals surface area contributed by atoms with Crippen LogP contribution in [0.2, 0.25) is 0 Å². The molecule has 0 aromatic carbocycles. The van der Waals surface area contributed by atoms with Gasteiger partial charge in [0.25, 0.3) is 0 Å². The highest BCUT2D eigenvalue weighted by Crippen LogP contribution is 2.34. The third-order valence-electron chi connectivity index (χ3n) is 3.55. The minimum Gasteiger partial charge on any atom is -0.481 e. The number of hydrogen-bond donors (Lipinski definition) is 2. The number of carboxylic acid groups (broad SMARTS) is 1. The van der Waals surface area contributed by atoms with Crippen molar-refractivity contribution in [2.24, 2.45) is 5.41 Å². The molecule has 1 rings (SSSR count). The van der Waals surface area contributed by atoms with Gasteiger partial charge in [0.15, 0.2) is 0 Å². The second kappa shape index (κ2) is 4.89. The number of terminal acetylenes is 1. The molecule has 18 heavy (non-hydrogen) atoms. The molecule has 0 bridgehead atoms. The molecule has 0 aliphatic carbocycles. The van der Waals surface area contributed by atoms with Crippen molar-refractivity contribution in [3.05, 3.63) is 0 Å². The Bertz CT molecular complexity index is 398. The molecule has 5 nitrogen and oxygen atoms in total. The van der Waals surface area contributed by atoms with Gasteiger partial charge in [-0.2, -0.15) is 0 Å². The van der Waals surface area contributed by atoms with Crippen LogP contribution in [0.3, 0.4) is 0 Å². The Kier molecular flexibility index (Phi) is 3.90. The van der Waals surface area contributed by atoms with Gasteiger partial charge in [-0.25, -0.2) is 4.79 Å². The monoisotopic (exact) mass is 252 g/mol. The largest absolute Gasteiger partial charge is 0.481 e. The van der Waals surface area contributed by atoms with Crippen LogP contribution in [0.5, 0.6) is 0 Å². The molecule has 1 atom stereocenters. The van der Waals surface area contributed by atoms with E-state index in [9.17, 15) is 14.7 Å². The number of carboxylic acids is 1. The first-order valence-electron chi connectivity index (χ1n) is 6.04. The van der Waals surface area contributed by atoms with Crippen LogP contribution < -0.4 is 5.32 Å². The summed E-state index contributed by atoms with van der Waals surface area (Å²) in [5.74, 6) is 1.64. The first-order valence-corrected chi connectivity index (χ1v) is 6.04. The number of nitrogens with one attached hydrogen (secondary N) is 1. The fourth-order valence-corrected chi connectivity index (χ4v) is 2.04. The van der Waals surface area contributed by atoms with Crippen LogP contribution in [-0.4, -0.2) is 40.6 Å². The minimum absolute atomic E-state index is 0.241. The summed E-state index contributed by atoms with van der Waals surface area (Å²) < 4.78 is 0. The van der Waals surface area contributed by atoms with Gasteiger partial charge in [-0.05, 0) is 26.7 Å². The normalized spacial score (nSPS) is 23.6. The summed E-state index contributed by atoms with van der Waals surface area (Å²) in [6, 6.07) is -0.297.